The number of urea groups is 1. The van der Waals surface area contributed by atoms with Gasteiger partial charge in [-0.2, -0.15) is 4.98 Å². The van der Waals surface area contributed by atoms with Gasteiger partial charge in [0.15, 0.2) is 5.82 Å². The van der Waals surface area contributed by atoms with E-state index in [-0.39, 0.29) is 12.1 Å². The van der Waals surface area contributed by atoms with Crippen molar-refractivity contribution in [3.8, 4) is 0 Å². The van der Waals surface area contributed by atoms with Crippen LogP contribution in [0, 0.1) is 13.8 Å². The quantitative estimate of drug-likeness (QED) is 0.841. The predicted molar refractivity (Wildman–Crippen MR) is 84.5 cm³/mol. The Balaban J connectivity index is 1.50. The Kier molecular flexibility index (Phi) is 5.14. The summed E-state index contributed by atoms with van der Waals surface area (Å²) in [6.07, 6.45) is 1.38. The monoisotopic (exact) mass is 334 g/mol. The molecule has 24 heavy (non-hydrogen) atoms. The minimum atomic E-state index is -0.189. The minimum Gasteiger partial charge on any atom is -0.464 e. The number of ether oxygens (including phenoxy) is 1. The highest BCUT2D eigenvalue weighted by Crippen LogP contribution is 2.25. The molecule has 3 rings (SSSR count). The number of furan rings is 1. The Hall–Kier alpha value is -2.35. The van der Waals surface area contributed by atoms with Crippen LogP contribution in [-0.4, -0.2) is 47.4 Å². The van der Waals surface area contributed by atoms with Crippen LogP contribution < -0.4 is 5.32 Å². The maximum Gasteiger partial charge on any atom is 0.318 e. The Morgan fingerprint density at radius 1 is 1.42 bits per heavy atom. The maximum atomic E-state index is 12.5. The van der Waals surface area contributed by atoms with Crippen molar-refractivity contribution < 1.29 is 18.5 Å². The molecule has 1 aliphatic rings. The van der Waals surface area contributed by atoms with E-state index in [0.717, 1.165) is 17.9 Å². The molecular formula is C16H22N4O4. The fraction of sp³-hybridized carbons (Fsp3) is 0.562. The number of morpholine rings is 1. The summed E-state index contributed by atoms with van der Waals surface area (Å²) < 4.78 is 16.2. The van der Waals surface area contributed by atoms with Crippen LogP contribution >= 0.6 is 0 Å². The molecule has 2 amide bonds. The summed E-state index contributed by atoms with van der Waals surface area (Å²) in [5, 5.41) is 6.68. The third-order valence-corrected chi connectivity index (χ3v) is 3.89. The maximum absolute atomic E-state index is 12.5. The second-order valence-corrected chi connectivity index (χ2v) is 5.80. The molecule has 8 heteroatoms. The first-order valence-corrected chi connectivity index (χ1v) is 8.11. The molecule has 0 unspecified atom stereocenters. The third kappa shape index (κ3) is 3.94. The van der Waals surface area contributed by atoms with Gasteiger partial charge in [-0.3, -0.25) is 0 Å². The van der Waals surface area contributed by atoms with Crippen molar-refractivity contribution in [3.63, 3.8) is 0 Å². The van der Waals surface area contributed by atoms with Crippen molar-refractivity contribution in [2.75, 3.05) is 26.3 Å². The first-order chi connectivity index (χ1) is 11.6. The minimum absolute atomic E-state index is 0.112. The Bertz CT molecular complexity index is 681. The van der Waals surface area contributed by atoms with Gasteiger partial charge in [0.1, 0.15) is 17.6 Å². The van der Waals surface area contributed by atoms with E-state index in [4.69, 9.17) is 13.7 Å². The van der Waals surface area contributed by atoms with Crippen LogP contribution in [0.5, 0.6) is 0 Å². The number of carbonyl (C=O) groups excluding carboxylic acids is 1. The van der Waals surface area contributed by atoms with Crippen LogP contribution in [0.15, 0.2) is 21.1 Å². The molecule has 130 valence electrons. The lowest BCUT2D eigenvalue weighted by Gasteiger charge is -2.34. The lowest BCUT2D eigenvalue weighted by atomic mass is 10.2. The van der Waals surface area contributed by atoms with Gasteiger partial charge in [-0.15, -0.1) is 0 Å². The topological polar surface area (TPSA) is 93.6 Å². The molecule has 1 aliphatic heterocycles. The number of aromatic nitrogens is 2. The summed E-state index contributed by atoms with van der Waals surface area (Å²) >= 11 is 0. The molecule has 1 atom stereocenters. The van der Waals surface area contributed by atoms with Gasteiger partial charge in [0.2, 0.25) is 5.89 Å². The molecule has 0 saturated carbocycles. The van der Waals surface area contributed by atoms with Crippen LogP contribution in [-0.2, 0) is 11.2 Å². The zero-order valence-corrected chi connectivity index (χ0v) is 13.9. The molecule has 8 nitrogen and oxygen atoms in total. The average molecular weight is 334 g/mol. The summed E-state index contributed by atoms with van der Waals surface area (Å²) in [4.78, 5) is 18.4. The smallest absolute Gasteiger partial charge is 0.318 e. The van der Waals surface area contributed by atoms with Crippen molar-refractivity contribution in [1.29, 1.82) is 0 Å². The van der Waals surface area contributed by atoms with E-state index >= 15 is 0 Å². The molecule has 1 fully saturated rings. The molecule has 0 aliphatic carbocycles. The van der Waals surface area contributed by atoms with E-state index in [1.54, 1.807) is 11.8 Å². The summed E-state index contributed by atoms with van der Waals surface area (Å²) in [7, 11) is 0. The lowest BCUT2D eigenvalue weighted by molar-refractivity contribution is 0.00410. The van der Waals surface area contributed by atoms with Crippen molar-refractivity contribution in [2.24, 2.45) is 0 Å². The van der Waals surface area contributed by atoms with Crippen molar-refractivity contribution in [3.05, 3.63) is 35.4 Å². The standard InChI is InChI=1S/C16H22N4O4/c1-11-5-6-14(23-11)13-10-22-9-8-20(13)16(21)17-7-3-4-15-18-12(2)19-24-15/h5-6,13H,3-4,7-10H2,1-2H3,(H,17,21)/t13-/m1/s1. The van der Waals surface area contributed by atoms with Crippen molar-refractivity contribution in [2.45, 2.75) is 32.7 Å². The number of nitrogens with zero attached hydrogens (tertiary/aromatic N) is 3. The Morgan fingerprint density at radius 3 is 3.00 bits per heavy atom. The number of rotatable bonds is 5. The van der Waals surface area contributed by atoms with Crippen LogP contribution in [0.3, 0.4) is 0 Å². The molecule has 0 spiro atoms. The second kappa shape index (κ2) is 7.48. The summed E-state index contributed by atoms with van der Waals surface area (Å²) in [6.45, 7) is 5.73. The van der Waals surface area contributed by atoms with Gasteiger partial charge in [0.25, 0.3) is 0 Å². The van der Waals surface area contributed by atoms with Crippen LogP contribution in [0.25, 0.3) is 0 Å². The van der Waals surface area contributed by atoms with Gasteiger partial charge in [-0.1, -0.05) is 5.16 Å². The normalized spacial score (nSPS) is 17.9. The number of amides is 2. The Morgan fingerprint density at radius 2 is 2.29 bits per heavy atom. The molecule has 0 radical (unpaired) electrons. The van der Waals surface area contributed by atoms with Gasteiger partial charge < -0.3 is 23.9 Å². The summed E-state index contributed by atoms with van der Waals surface area (Å²) in [5.74, 6) is 2.80. The first-order valence-electron chi connectivity index (χ1n) is 8.11. The SMILES string of the molecule is Cc1noc(CCCNC(=O)N2CCOC[C@@H]2c2ccc(C)o2)n1. The number of hydrogen-bond donors (Lipinski definition) is 1. The number of hydrogen-bond acceptors (Lipinski definition) is 6. The van der Waals surface area contributed by atoms with Gasteiger partial charge >= 0.3 is 6.03 Å². The van der Waals surface area contributed by atoms with Gasteiger partial charge in [0.05, 0.1) is 13.2 Å². The van der Waals surface area contributed by atoms with Crippen molar-refractivity contribution in [1.82, 2.24) is 20.4 Å². The molecule has 2 aromatic heterocycles. The van der Waals surface area contributed by atoms with Gasteiger partial charge in [-0.05, 0) is 32.4 Å². The van der Waals surface area contributed by atoms with E-state index < -0.39 is 0 Å². The number of nitrogens with one attached hydrogen (secondary N) is 1. The highest BCUT2D eigenvalue weighted by molar-refractivity contribution is 5.74. The molecule has 1 N–H and O–H groups in total. The molecule has 0 bridgehead atoms. The van der Waals surface area contributed by atoms with Crippen LogP contribution in [0.1, 0.15) is 35.7 Å². The van der Waals surface area contributed by atoms with E-state index in [0.29, 0.717) is 44.4 Å². The summed E-state index contributed by atoms with van der Waals surface area (Å²) in [6, 6.07) is 3.49. The first kappa shape index (κ1) is 16.5. The molecular weight excluding hydrogens is 312 g/mol. The zero-order chi connectivity index (χ0) is 16.9. The van der Waals surface area contributed by atoms with E-state index in [9.17, 15) is 4.79 Å². The van der Waals surface area contributed by atoms with Crippen molar-refractivity contribution >= 4 is 6.03 Å². The highest BCUT2D eigenvalue weighted by atomic mass is 16.5. The third-order valence-electron chi connectivity index (χ3n) is 3.89. The second-order valence-electron chi connectivity index (χ2n) is 5.80. The average Bonchev–Trinajstić information content (AvgIpc) is 3.20. The zero-order valence-electron chi connectivity index (χ0n) is 13.9. The lowest BCUT2D eigenvalue weighted by Crippen LogP contribution is -2.48. The largest absolute Gasteiger partial charge is 0.464 e. The fourth-order valence-corrected chi connectivity index (χ4v) is 2.69. The molecule has 3 heterocycles. The van der Waals surface area contributed by atoms with E-state index in [1.165, 1.54) is 0 Å². The number of carbonyl (C=O) groups is 1. The fourth-order valence-electron chi connectivity index (χ4n) is 2.69. The highest BCUT2D eigenvalue weighted by Gasteiger charge is 2.30. The molecule has 0 aromatic carbocycles. The van der Waals surface area contributed by atoms with Crippen LogP contribution in [0.4, 0.5) is 4.79 Å². The molecule has 1 saturated heterocycles. The summed E-state index contributed by atoms with van der Waals surface area (Å²) in [5.41, 5.74) is 0. The van der Waals surface area contributed by atoms with Gasteiger partial charge in [-0.25, -0.2) is 4.79 Å². The van der Waals surface area contributed by atoms with Crippen LogP contribution in [0.2, 0.25) is 0 Å². The number of aryl methyl sites for hydroxylation is 3. The molecule has 2 aromatic rings. The predicted octanol–water partition coefficient (Wildman–Crippen LogP) is 2.00. The van der Waals surface area contributed by atoms with E-state index in [1.807, 2.05) is 19.1 Å². The Labute approximate surface area is 140 Å². The van der Waals surface area contributed by atoms with E-state index in [2.05, 4.69) is 15.5 Å². The van der Waals surface area contributed by atoms with Gasteiger partial charge in [0, 0.05) is 19.5 Å².